The lowest BCUT2D eigenvalue weighted by Crippen LogP contribution is -2.50. The Kier molecular flexibility index (Phi) is 6.95. The number of nitrogens with one attached hydrogen (secondary N) is 2. The summed E-state index contributed by atoms with van der Waals surface area (Å²) >= 11 is 12.3. The van der Waals surface area contributed by atoms with Crippen molar-refractivity contribution in [2.24, 2.45) is 5.92 Å². The fraction of sp³-hybridized carbons (Fsp3) is 0.348. The first-order valence-corrected chi connectivity index (χ1v) is 11.5. The fourth-order valence-corrected chi connectivity index (χ4v) is 4.50. The first kappa shape index (κ1) is 23.2. The van der Waals surface area contributed by atoms with Crippen LogP contribution < -0.4 is 15.5 Å². The second-order valence-electron chi connectivity index (χ2n) is 8.21. The highest BCUT2D eigenvalue weighted by atomic mass is 35.5. The Hall–Kier alpha value is -2.97. The maximum absolute atomic E-state index is 12.6. The van der Waals surface area contributed by atoms with E-state index in [0.717, 1.165) is 5.69 Å². The first-order valence-electron chi connectivity index (χ1n) is 10.7. The van der Waals surface area contributed by atoms with Gasteiger partial charge in [-0.1, -0.05) is 29.3 Å². The zero-order chi connectivity index (χ0) is 23.5. The van der Waals surface area contributed by atoms with Gasteiger partial charge in [-0.3, -0.25) is 9.59 Å². The molecule has 10 heteroatoms. The van der Waals surface area contributed by atoms with Gasteiger partial charge in [-0.15, -0.1) is 0 Å². The van der Waals surface area contributed by atoms with Crippen LogP contribution >= 0.6 is 23.2 Å². The molecule has 4 rings (SSSR count). The number of hydrogen-bond acceptors (Lipinski definition) is 4. The Labute approximate surface area is 202 Å². The zero-order valence-electron chi connectivity index (χ0n) is 18.2. The average molecular weight is 490 g/mol. The molecular formula is C23H25Cl2N5O3. The number of piperazine rings is 1. The standard InChI is InChI=1S/C23H25Cl2N5O3/c1-28-14-15(13-20(28)31)22(32)26-16-5-7-17(8-6-16)29-9-11-30(12-10-29)23(33)27-21-18(24)3-2-4-19(21)25/h2-8,15H,9-14H2,1H3,(H,26,32)(H,27,33). The van der Waals surface area contributed by atoms with Gasteiger partial charge in [0.2, 0.25) is 11.8 Å². The number of halogens is 2. The lowest BCUT2D eigenvalue weighted by atomic mass is 10.1. The van der Waals surface area contributed by atoms with E-state index in [-0.39, 0.29) is 30.2 Å². The van der Waals surface area contributed by atoms with E-state index in [1.54, 1.807) is 35.0 Å². The molecule has 2 saturated heterocycles. The molecule has 33 heavy (non-hydrogen) atoms. The molecule has 2 aliphatic heterocycles. The van der Waals surface area contributed by atoms with E-state index in [1.807, 2.05) is 24.3 Å². The molecule has 2 fully saturated rings. The van der Waals surface area contributed by atoms with E-state index in [1.165, 1.54) is 0 Å². The van der Waals surface area contributed by atoms with Gasteiger partial charge in [0, 0.05) is 57.6 Å². The number of hydrogen-bond donors (Lipinski definition) is 2. The van der Waals surface area contributed by atoms with Crippen molar-refractivity contribution in [3.63, 3.8) is 0 Å². The largest absolute Gasteiger partial charge is 0.368 e. The Morgan fingerprint density at radius 1 is 0.939 bits per heavy atom. The summed E-state index contributed by atoms with van der Waals surface area (Å²) in [4.78, 5) is 42.2. The van der Waals surface area contributed by atoms with Gasteiger partial charge in [0.05, 0.1) is 21.7 Å². The summed E-state index contributed by atoms with van der Waals surface area (Å²) in [6, 6.07) is 12.4. The van der Waals surface area contributed by atoms with Crippen molar-refractivity contribution in [3.8, 4) is 0 Å². The van der Waals surface area contributed by atoms with Crippen LogP contribution in [0.3, 0.4) is 0 Å². The molecular weight excluding hydrogens is 465 g/mol. The molecule has 2 aromatic rings. The van der Waals surface area contributed by atoms with Gasteiger partial charge >= 0.3 is 6.03 Å². The van der Waals surface area contributed by atoms with Gasteiger partial charge in [-0.2, -0.15) is 0 Å². The number of amides is 4. The van der Waals surface area contributed by atoms with Crippen LogP contribution in [0.4, 0.5) is 21.9 Å². The molecule has 174 valence electrons. The molecule has 0 radical (unpaired) electrons. The van der Waals surface area contributed by atoms with Crippen molar-refractivity contribution >= 4 is 58.1 Å². The molecule has 0 aliphatic carbocycles. The Balaban J connectivity index is 1.29. The molecule has 2 aromatic carbocycles. The molecule has 0 spiro atoms. The summed E-state index contributed by atoms with van der Waals surface area (Å²) < 4.78 is 0. The average Bonchev–Trinajstić information content (AvgIpc) is 3.15. The van der Waals surface area contributed by atoms with Crippen LogP contribution in [-0.4, -0.2) is 67.4 Å². The van der Waals surface area contributed by atoms with Crippen LogP contribution in [0.25, 0.3) is 0 Å². The topological polar surface area (TPSA) is 85.0 Å². The van der Waals surface area contributed by atoms with Crippen molar-refractivity contribution in [2.75, 3.05) is 55.3 Å². The number of carbonyl (C=O) groups excluding carboxylic acids is 3. The highest BCUT2D eigenvalue weighted by Gasteiger charge is 2.32. The number of carbonyl (C=O) groups is 3. The van der Waals surface area contributed by atoms with Gasteiger partial charge in [-0.05, 0) is 36.4 Å². The van der Waals surface area contributed by atoms with Crippen molar-refractivity contribution in [1.29, 1.82) is 0 Å². The lowest BCUT2D eigenvalue weighted by Gasteiger charge is -2.36. The van der Waals surface area contributed by atoms with Gasteiger partial charge in [0.25, 0.3) is 0 Å². The third-order valence-corrected chi connectivity index (χ3v) is 6.60. The highest BCUT2D eigenvalue weighted by molar-refractivity contribution is 6.39. The zero-order valence-corrected chi connectivity index (χ0v) is 19.7. The lowest BCUT2D eigenvalue weighted by molar-refractivity contribution is -0.127. The summed E-state index contributed by atoms with van der Waals surface area (Å²) in [5, 5.41) is 6.48. The molecule has 1 atom stereocenters. The number of urea groups is 1. The van der Waals surface area contributed by atoms with Crippen LogP contribution in [-0.2, 0) is 9.59 Å². The van der Waals surface area contributed by atoms with E-state index in [2.05, 4.69) is 15.5 Å². The van der Waals surface area contributed by atoms with Crippen LogP contribution in [0.5, 0.6) is 0 Å². The fourth-order valence-electron chi connectivity index (χ4n) is 4.01. The normalized spacial score (nSPS) is 18.5. The predicted octanol–water partition coefficient (Wildman–Crippen LogP) is 3.76. The molecule has 1 unspecified atom stereocenters. The van der Waals surface area contributed by atoms with Gasteiger partial charge in [0.1, 0.15) is 0 Å². The predicted molar refractivity (Wildman–Crippen MR) is 130 cm³/mol. The summed E-state index contributed by atoms with van der Waals surface area (Å²) in [5.41, 5.74) is 2.12. The van der Waals surface area contributed by atoms with Gasteiger partial charge < -0.3 is 25.3 Å². The number of anilines is 3. The summed E-state index contributed by atoms with van der Waals surface area (Å²) in [6.45, 7) is 2.90. The van der Waals surface area contributed by atoms with E-state index in [9.17, 15) is 14.4 Å². The molecule has 0 aromatic heterocycles. The van der Waals surface area contributed by atoms with Gasteiger partial charge in [0.15, 0.2) is 0 Å². The molecule has 2 heterocycles. The maximum atomic E-state index is 12.6. The van der Waals surface area contributed by atoms with Crippen molar-refractivity contribution in [2.45, 2.75) is 6.42 Å². The Morgan fingerprint density at radius 2 is 1.58 bits per heavy atom. The number of para-hydroxylation sites is 1. The van der Waals surface area contributed by atoms with Crippen molar-refractivity contribution < 1.29 is 14.4 Å². The van der Waals surface area contributed by atoms with Crippen molar-refractivity contribution in [1.82, 2.24) is 9.80 Å². The quantitative estimate of drug-likeness (QED) is 0.684. The summed E-state index contributed by atoms with van der Waals surface area (Å²) in [5.74, 6) is -0.464. The number of nitrogens with zero attached hydrogens (tertiary/aromatic N) is 3. The SMILES string of the molecule is CN1CC(C(=O)Nc2ccc(N3CCN(C(=O)Nc4c(Cl)cccc4Cl)CC3)cc2)CC1=O. The van der Waals surface area contributed by atoms with E-state index >= 15 is 0 Å². The van der Waals surface area contributed by atoms with Crippen LogP contribution in [0.1, 0.15) is 6.42 Å². The molecule has 0 saturated carbocycles. The molecule has 8 nitrogen and oxygen atoms in total. The summed E-state index contributed by atoms with van der Waals surface area (Å²) in [7, 11) is 1.71. The van der Waals surface area contributed by atoms with E-state index in [4.69, 9.17) is 23.2 Å². The number of rotatable bonds is 4. The minimum Gasteiger partial charge on any atom is -0.368 e. The van der Waals surface area contributed by atoms with Crippen molar-refractivity contribution in [3.05, 3.63) is 52.5 Å². The highest BCUT2D eigenvalue weighted by Crippen LogP contribution is 2.30. The van der Waals surface area contributed by atoms with Crippen LogP contribution in [0.2, 0.25) is 10.0 Å². The number of likely N-dealkylation sites (tertiary alicyclic amines) is 1. The van der Waals surface area contributed by atoms with E-state index < -0.39 is 0 Å². The third-order valence-electron chi connectivity index (χ3n) is 5.97. The second-order valence-corrected chi connectivity index (χ2v) is 9.03. The third kappa shape index (κ3) is 5.34. The molecule has 2 N–H and O–H groups in total. The minimum atomic E-state index is -0.318. The Bertz CT molecular complexity index is 1030. The summed E-state index contributed by atoms with van der Waals surface area (Å²) in [6.07, 6.45) is 0.251. The molecule has 4 amide bonds. The molecule has 0 bridgehead atoms. The van der Waals surface area contributed by atoms with E-state index in [0.29, 0.717) is 54.1 Å². The second kappa shape index (κ2) is 9.89. The van der Waals surface area contributed by atoms with Crippen LogP contribution in [0, 0.1) is 5.92 Å². The first-order chi connectivity index (χ1) is 15.8. The van der Waals surface area contributed by atoms with Crippen LogP contribution in [0.15, 0.2) is 42.5 Å². The van der Waals surface area contributed by atoms with Gasteiger partial charge in [-0.25, -0.2) is 4.79 Å². The maximum Gasteiger partial charge on any atom is 0.322 e. The minimum absolute atomic E-state index is 0.00622. The molecule has 2 aliphatic rings. The number of benzene rings is 2. The smallest absolute Gasteiger partial charge is 0.322 e. The monoisotopic (exact) mass is 489 g/mol. The Morgan fingerprint density at radius 3 is 2.15 bits per heavy atom.